The Balaban J connectivity index is 1.53. The van der Waals surface area contributed by atoms with Crippen LogP contribution >= 0.6 is 0 Å². The number of nitrogens with one attached hydrogen (secondary N) is 1. The molecule has 2 aliphatic rings. The molecule has 2 aromatic rings. The molecule has 140 valence electrons. The number of amides is 2. The number of nitrogens with zero attached hydrogens (tertiary/aromatic N) is 1. The molecule has 0 radical (unpaired) electrons. The van der Waals surface area contributed by atoms with Crippen molar-refractivity contribution in [1.29, 1.82) is 0 Å². The summed E-state index contributed by atoms with van der Waals surface area (Å²) in [6, 6.07) is 19.6. The van der Waals surface area contributed by atoms with Crippen LogP contribution in [0.4, 0.5) is 0 Å². The Morgan fingerprint density at radius 1 is 1.04 bits per heavy atom. The number of piperidine rings is 1. The quantitative estimate of drug-likeness (QED) is 0.911. The van der Waals surface area contributed by atoms with Crippen molar-refractivity contribution in [3.8, 4) is 0 Å². The largest absolute Gasteiger partial charge is 0.347 e. The van der Waals surface area contributed by atoms with Gasteiger partial charge in [0.1, 0.15) is 0 Å². The van der Waals surface area contributed by atoms with Crippen LogP contribution in [0.1, 0.15) is 48.8 Å². The highest BCUT2D eigenvalue weighted by atomic mass is 16.2. The summed E-state index contributed by atoms with van der Waals surface area (Å²) < 4.78 is 0. The average Bonchev–Trinajstić information content (AvgIpc) is 3.02. The van der Waals surface area contributed by atoms with Gasteiger partial charge in [-0.05, 0) is 41.4 Å². The summed E-state index contributed by atoms with van der Waals surface area (Å²) in [6.07, 6.45) is 3.09. The predicted molar refractivity (Wildman–Crippen MR) is 106 cm³/mol. The fourth-order valence-corrected chi connectivity index (χ4v) is 4.85. The summed E-state index contributed by atoms with van der Waals surface area (Å²) in [5.74, 6) is 0.294. The number of fused-ring (bicyclic) bond motifs is 2. The van der Waals surface area contributed by atoms with Gasteiger partial charge in [-0.2, -0.15) is 0 Å². The SMILES string of the molecule is CC(=O)NCC(=O)N1CCC2(CC1)CC(c1ccccc1)c1ccccc12. The lowest BCUT2D eigenvalue weighted by molar-refractivity contribution is -0.133. The summed E-state index contributed by atoms with van der Waals surface area (Å²) in [4.78, 5) is 25.3. The lowest BCUT2D eigenvalue weighted by Gasteiger charge is -2.40. The summed E-state index contributed by atoms with van der Waals surface area (Å²) >= 11 is 0. The van der Waals surface area contributed by atoms with Gasteiger partial charge in [0.25, 0.3) is 0 Å². The van der Waals surface area contributed by atoms with Crippen LogP contribution in [0, 0.1) is 0 Å². The van der Waals surface area contributed by atoms with Crippen LogP contribution in [-0.4, -0.2) is 36.3 Å². The van der Waals surface area contributed by atoms with Crippen molar-refractivity contribution in [1.82, 2.24) is 10.2 Å². The molecule has 0 aromatic heterocycles. The number of hydrogen-bond acceptors (Lipinski definition) is 2. The van der Waals surface area contributed by atoms with Crippen molar-refractivity contribution in [3.63, 3.8) is 0 Å². The molecule has 1 N–H and O–H groups in total. The molecular formula is C23H26N2O2. The van der Waals surface area contributed by atoms with Crippen LogP contribution in [0.25, 0.3) is 0 Å². The van der Waals surface area contributed by atoms with E-state index >= 15 is 0 Å². The average molecular weight is 362 g/mol. The van der Waals surface area contributed by atoms with Gasteiger partial charge in [0.15, 0.2) is 0 Å². The van der Waals surface area contributed by atoms with Gasteiger partial charge < -0.3 is 10.2 Å². The van der Waals surface area contributed by atoms with Crippen molar-refractivity contribution in [3.05, 3.63) is 71.3 Å². The highest BCUT2D eigenvalue weighted by Crippen LogP contribution is 2.53. The Bertz CT molecular complexity index is 838. The van der Waals surface area contributed by atoms with Gasteiger partial charge >= 0.3 is 0 Å². The number of hydrogen-bond donors (Lipinski definition) is 1. The van der Waals surface area contributed by atoms with E-state index in [-0.39, 0.29) is 23.8 Å². The summed E-state index contributed by atoms with van der Waals surface area (Å²) in [6.45, 7) is 3.06. The molecule has 0 bridgehead atoms. The number of carbonyl (C=O) groups is 2. The molecule has 1 unspecified atom stereocenters. The molecule has 27 heavy (non-hydrogen) atoms. The van der Waals surface area contributed by atoms with Crippen LogP contribution in [-0.2, 0) is 15.0 Å². The Morgan fingerprint density at radius 3 is 2.41 bits per heavy atom. The Kier molecular flexibility index (Phi) is 4.73. The first-order valence-electron chi connectivity index (χ1n) is 9.76. The van der Waals surface area contributed by atoms with Crippen LogP contribution < -0.4 is 5.32 Å². The second-order valence-electron chi connectivity index (χ2n) is 7.83. The maximum atomic E-state index is 12.3. The lowest BCUT2D eigenvalue weighted by atomic mass is 9.73. The molecule has 1 spiro atoms. The van der Waals surface area contributed by atoms with Gasteiger partial charge in [0.2, 0.25) is 11.8 Å². The van der Waals surface area contributed by atoms with Gasteiger partial charge in [-0.15, -0.1) is 0 Å². The second kappa shape index (κ2) is 7.18. The first-order valence-corrected chi connectivity index (χ1v) is 9.76. The van der Waals surface area contributed by atoms with Gasteiger partial charge in [-0.3, -0.25) is 9.59 Å². The molecule has 4 nitrogen and oxygen atoms in total. The molecule has 4 rings (SSSR count). The van der Waals surface area contributed by atoms with E-state index in [1.165, 1.54) is 23.6 Å². The number of rotatable bonds is 3. The van der Waals surface area contributed by atoms with Crippen molar-refractivity contribution in [2.75, 3.05) is 19.6 Å². The molecule has 4 heteroatoms. The fourth-order valence-electron chi connectivity index (χ4n) is 4.85. The van der Waals surface area contributed by atoms with E-state index in [0.29, 0.717) is 5.92 Å². The summed E-state index contributed by atoms with van der Waals surface area (Å²) in [5, 5.41) is 2.62. The van der Waals surface area contributed by atoms with E-state index in [9.17, 15) is 9.59 Å². The van der Waals surface area contributed by atoms with Crippen molar-refractivity contribution < 1.29 is 9.59 Å². The van der Waals surface area contributed by atoms with Crippen LogP contribution in [0.15, 0.2) is 54.6 Å². The van der Waals surface area contributed by atoms with Gasteiger partial charge in [0, 0.05) is 25.9 Å². The first kappa shape index (κ1) is 17.8. The van der Waals surface area contributed by atoms with Crippen molar-refractivity contribution in [2.45, 2.75) is 37.5 Å². The Labute approximate surface area is 160 Å². The molecule has 2 aromatic carbocycles. The van der Waals surface area contributed by atoms with E-state index in [4.69, 9.17) is 0 Å². The number of benzene rings is 2. The zero-order valence-electron chi connectivity index (χ0n) is 15.8. The minimum absolute atomic E-state index is 0.0194. The van der Waals surface area contributed by atoms with Crippen LogP contribution in [0.3, 0.4) is 0 Å². The Morgan fingerprint density at radius 2 is 1.70 bits per heavy atom. The summed E-state index contributed by atoms with van der Waals surface area (Å²) in [7, 11) is 0. The van der Waals surface area contributed by atoms with Gasteiger partial charge in [-0.1, -0.05) is 54.6 Å². The van der Waals surface area contributed by atoms with Gasteiger partial charge in [-0.25, -0.2) is 0 Å². The molecule has 2 amide bonds. The van der Waals surface area contributed by atoms with E-state index < -0.39 is 0 Å². The third-order valence-electron chi connectivity index (χ3n) is 6.27. The number of likely N-dealkylation sites (tertiary alicyclic amines) is 1. The van der Waals surface area contributed by atoms with Crippen LogP contribution in [0.2, 0.25) is 0 Å². The van der Waals surface area contributed by atoms with Crippen molar-refractivity contribution in [2.24, 2.45) is 0 Å². The minimum Gasteiger partial charge on any atom is -0.347 e. The van der Waals surface area contributed by atoms with Gasteiger partial charge in [0.05, 0.1) is 6.54 Å². The minimum atomic E-state index is -0.160. The molecule has 1 aliphatic heterocycles. The molecule has 1 fully saturated rings. The molecule has 1 heterocycles. The second-order valence-corrected chi connectivity index (χ2v) is 7.83. The smallest absolute Gasteiger partial charge is 0.241 e. The zero-order valence-corrected chi connectivity index (χ0v) is 15.8. The third-order valence-corrected chi connectivity index (χ3v) is 6.27. The van der Waals surface area contributed by atoms with Crippen LogP contribution in [0.5, 0.6) is 0 Å². The fraction of sp³-hybridized carbons (Fsp3) is 0.391. The molecule has 0 saturated carbocycles. The molecule has 1 saturated heterocycles. The topological polar surface area (TPSA) is 49.4 Å². The maximum absolute atomic E-state index is 12.3. The van der Waals surface area contributed by atoms with Crippen molar-refractivity contribution >= 4 is 11.8 Å². The monoisotopic (exact) mass is 362 g/mol. The highest BCUT2D eigenvalue weighted by Gasteiger charge is 2.46. The van der Waals surface area contributed by atoms with E-state index in [1.807, 2.05) is 4.90 Å². The van der Waals surface area contributed by atoms with E-state index in [2.05, 4.69) is 59.9 Å². The van der Waals surface area contributed by atoms with E-state index in [1.54, 1.807) is 0 Å². The summed E-state index contributed by atoms with van der Waals surface area (Å²) in [5.41, 5.74) is 4.45. The molecule has 1 aliphatic carbocycles. The third kappa shape index (κ3) is 3.36. The zero-order chi connectivity index (χ0) is 18.9. The first-order chi connectivity index (χ1) is 13.1. The Hall–Kier alpha value is -2.62. The molecule has 1 atom stereocenters. The number of carbonyl (C=O) groups excluding carboxylic acids is 2. The standard InChI is InChI=1S/C23H26N2O2/c1-17(26)24-16-22(27)25-13-11-23(12-14-25)15-20(18-7-3-2-4-8-18)19-9-5-6-10-21(19)23/h2-10,20H,11-16H2,1H3,(H,24,26). The predicted octanol–water partition coefficient (Wildman–Crippen LogP) is 3.22. The molecular weight excluding hydrogens is 336 g/mol. The maximum Gasteiger partial charge on any atom is 0.241 e. The normalized spacial score (nSPS) is 20.3. The van der Waals surface area contributed by atoms with E-state index in [0.717, 1.165) is 32.4 Å². The highest BCUT2D eigenvalue weighted by molar-refractivity contribution is 5.83. The lowest BCUT2D eigenvalue weighted by Crippen LogP contribution is -2.47.